The van der Waals surface area contributed by atoms with Crippen LogP contribution in [0.5, 0.6) is 5.75 Å². The zero-order chi connectivity index (χ0) is 28.8. The highest BCUT2D eigenvalue weighted by molar-refractivity contribution is 6.34. The van der Waals surface area contributed by atoms with E-state index in [0.29, 0.717) is 34.4 Å². The zero-order valence-electron chi connectivity index (χ0n) is 24.1. The molecule has 222 valence electrons. The number of benzene rings is 2. The molecule has 2 bridgehead atoms. The maximum absolute atomic E-state index is 13.8. The molecule has 7 nitrogen and oxygen atoms in total. The van der Waals surface area contributed by atoms with Gasteiger partial charge in [0, 0.05) is 17.7 Å². The third-order valence-corrected chi connectivity index (χ3v) is 9.69. The summed E-state index contributed by atoms with van der Waals surface area (Å²) in [5.41, 5.74) is 2.68. The molecule has 3 heterocycles. The standard InChI is InChI=1S/C33H43ClN2O5/c1-40-30-19-27(28(34)18-25(30)22-37)29(38)20-35-14-6-8-23-7-5-9-26(17-23)33(12-3-2-4-13-33)32(39)41-31-21-36-15-10-24(31)11-16-36/h5,7,9,17-19,24,31,35,37H,2-4,6,8,10-16,20-22H2,1H3. The van der Waals surface area contributed by atoms with Crippen molar-refractivity contribution in [1.29, 1.82) is 0 Å². The first-order valence-electron chi connectivity index (χ1n) is 15.2. The van der Waals surface area contributed by atoms with E-state index in [9.17, 15) is 14.7 Å². The molecule has 2 aromatic rings. The van der Waals surface area contributed by atoms with E-state index in [1.807, 2.05) is 0 Å². The highest BCUT2D eigenvalue weighted by Crippen LogP contribution is 2.42. The Balaban J connectivity index is 1.17. The second-order valence-corrected chi connectivity index (χ2v) is 12.3. The van der Waals surface area contributed by atoms with E-state index in [1.54, 1.807) is 12.1 Å². The fourth-order valence-electron chi connectivity index (χ4n) is 6.92. The lowest BCUT2D eigenvalue weighted by Gasteiger charge is -2.45. The van der Waals surface area contributed by atoms with Crippen LogP contribution in [0.15, 0.2) is 36.4 Å². The van der Waals surface area contributed by atoms with Crippen molar-refractivity contribution in [3.63, 3.8) is 0 Å². The normalized spacial score (nSPS) is 23.2. The molecule has 0 spiro atoms. The van der Waals surface area contributed by atoms with Crippen LogP contribution in [0.4, 0.5) is 0 Å². The number of aryl methyl sites for hydroxylation is 1. The topological polar surface area (TPSA) is 88.1 Å². The number of nitrogens with one attached hydrogen (secondary N) is 1. The lowest BCUT2D eigenvalue weighted by atomic mass is 9.69. The van der Waals surface area contributed by atoms with Gasteiger partial charge in [0.05, 0.1) is 30.7 Å². The van der Waals surface area contributed by atoms with Crippen LogP contribution >= 0.6 is 11.6 Å². The molecule has 2 N–H and O–H groups in total. The van der Waals surface area contributed by atoms with E-state index in [-0.39, 0.29) is 31.0 Å². The Morgan fingerprint density at radius 2 is 1.90 bits per heavy atom. The summed E-state index contributed by atoms with van der Waals surface area (Å²) in [4.78, 5) is 29.0. The van der Waals surface area contributed by atoms with E-state index in [2.05, 4.69) is 34.5 Å². The summed E-state index contributed by atoms with van der Waals surface area (Å²) >= 11 is 6.29. The Kier molecular flexibility index (Phi) is 10.0. The van der Waals surface area contributed by atoms with Crippen molar-refractivity contribution in [3.05, 3.63) is 63.7 Å². The summed E-state index contributed by atoms with van der Waals surface area (Å²) in [6.07, 6.45) is 8.99. The summed E-state index contributed by atoms with van der Waals surface area (Å²) in [6.45, 7) is 3.78. The number of fused-ring (bicyclic) bond motifs is 3. The lowest BCUT2D eigenvalue weighted by Crippen LogP contribution is -2.53. The van der Waals surface area contributed by atoms with Gasteiger partial charge in [0.25, 0.3) is 0 Å². The fourth-order valence-corrected chi connectivity index (χ4v) is 7.21. The third-order valence-electron chi connectivity index (χ3n) is 9.38. The Labute approximate surface area is 248 Å². The smallest absolute Gasteiger partial charge is 0.316 e. The summed E-state index contributed by atoms with van der Waals surface area (Å²) in [5, 5.41) is 13.0. The van der Waals surface area contributed by atoms with Gasteiger partial charge in [0.1, 0.15) is 11.9 Å². The van der Waals surface area contributed by atoms with Crippen molar-refractivity contribution >= 4 is 23.4 Å². The summed E-state index contributed by atoms with van der Waals surface area (Å²) in [7, 11) is 1.50. The van der Waals surface area contributed by atoms with Crippen LogP contribution < -0.4 is 10.1 Å². The van der Waals surface area contributed by atoms with E-state index < -0.39 is 5.41 Å². The van der Waals surface area contributed by atoms with E-state index in [4.69, 9.17) is 21.1 Å². The third kappa shape index (κ3) is 6.80. The number of hydrogen-bond acceptors (Lipinski definition) is 7. The molecular weight excluding hydrogens is 540 g/mol. The number of aliphatic hydroxyl groups is 1. The summed E-state index contributed by atoms with van der Waals surface area (Å²) in [6, 6.07) is 11.7. The number of Topliss-reactive ketones (excluding diaryl/α,β-unsaturated/α-hetero) is 1. The number of hydrogen-bond donors (Lipinski definition) is 2. The van der Waals surface area contributed by atoms with Gasteiger partial charge in [-0.25, -0.2) is 0 Å². The molecule has 41 heavy (non-hydrogen) atoms. The minimum atomic E-state index is -0.545. The minimum absolute atomic E-state index is 0.0180. The number of aliphatic hydroxyl groups excluding tert-OH is 1. The van der Waals surface area contributed by atoms with Gasteiger partial charge in [0.2, 0.25) is 0 Å². The quantitative estimate of drug-likeness (QED) is 0.205. The Morgan fingerprint density at radius 1 is 1.12 bits per heavy atom. The van der Waals surface area contributed by atoms with Gasteiger partial charge in [-0.2, -0.15) is 0 Å². The SMILES string of the molecule is COc1cc(C(=O)CNCCCc2cccc(C3(C(=O)OC4CN5CCC4CC5)CCCCC3)c2)c(Cl)cc1CO. The number of ketones is 1. The predicted molar refractivity (Wildman–Crippen MR) is 160 cm³/mol. The molecule has 1 atom stereocenters. The number of nitrogens with zero attached hydrogens (tertiary/aromatic N) is 1. The van der Waals surface area contributed by atoms with Crippen molar-refractivity contribution in [2.24, 2.45) is 5.92 Å². The monoisotopic (exact) mass is 582 g/mol. The van der Waals surface area contributed by atoms with Crippen molar-refractivity contribution in [2.75, 3.05) is 39.8 Å². The van der Waals surface area contributed by atoms with Crippen molar-refractivity contribution in [2.45, 2.75) is 75.9 Å². The number of methoxy groups -OCH3 is 1. The predicted octanol–water partition coefficient (Wildman–Crippen LogP) is 5.09. The van der Waals surface area contributed by atoms with E-state index in [1.165, 1.54) is 19.1 Å². The second kappa shape index (κ2) is 13.7. The van der Waals surface area contributed by atoms with Gasteiger partial charge in [0.15, 0.2) is 5.78 Å². The first-order valence-corrected chi connectivity index (χ1v) is 15.6. The minimum Gasteiger partial charge on any atom is -0.496 e. The molecule has 4 fully saturated rings. The molecule has 0 radical (unpaired) electrons. The first-order chi connectivity index (χ1) is 19.9. The van der Waals surface area contributed by atoms with Crippen LogP contribution in [0.1, 0.15) is 78.4 Å². The lowest BCUT2D eigenvalue weighted by molar-refractivity contribution is -0.167. The van der Waals surface area contributed by atoms with Crippen LogP contribution in [0, 0.1) is 5.92 Å². The molecule has 4 aliphatic rings. The summed E-state index contributed by atoms with van der Waals surface area (Å²) in [5.74, 6) is 0.813. The molecule has 1 aliphatic carbocycles. The Bertz CT molecular complexity index is 1220. The number of rotatable bonds is 12. The van der Waals surface area contributed by atoms with Crippen LogP contribution in [0.2, 0.25) is 5.02 Å². The average Bonchev–Trinajstić information content (AvgIpc) is 3.01. The number of ether oxygens (including phenoxy) is 2. The molecule has 8 heteroatoms. The summed E-state index contributed by atoms with van der Waals surface area (Å²) < 4.78 is 11.6. The van der Waals surface area contributed by atoms with Gasteiger partial charge in [-0.15, -0.1) is 0 Å². The van der Waals surface area contributed by atoms with Crippen molar-refractivity contribution in [1.82, 2.24) is 10.2 Å². The zero-order valence-corrected chi connectivity index (χ0v) is 24.9. The van der Waals surface area contributed by atoms with Crippen molar-refractivity contribution in [3.8, 4) is 5.75 Å². The van der Waals surface area contributed by atoms with E-state index >= 15 is 0 Å². The van der Waals surface area contributed by atoms with Crippen LogP contribution in [0.25, 0.3) is 0 Å². The molecular formula is C33H43ClN2O5. The van der Waals surface area contributed by atoms with Crippen LogP contribution in [-0.2, 0) is 28.0 Å². The average molecular weight is 583 g/mol. The maximum Gasteiger partial charge on any atom is 0.316 e. The van der Waals surface area contributed by atoms with Gasteiger partial charge in [-0.1, -0.05) is 55.1 Å². The number of esters is 1. The number of piperidine rings is 3. The molecule has 3 saturated heterocycles. The molecule has 3 aliphatic heterocycles. The second-order valence-electron chi connectivity index (χ2n) is 11.9. The van der Waals surface area contributed by atoms with Crippen LogP contribution in [-0.4, -0.2) is 67.7 Å². The van der Waals surface area contributed by atoms with Gasteiger partial charge in [-0.3, -0.25) is 14.5 Å². The van der Waals surface area contributed by atoms with Crippen molar-refractivity contribution < 1.29 is 24.2 Å². The largest absolute Gasteiger partial charge is 0.496 e. The van der Waals surface area contributed by atoms with Gasteiger partial charge >= 0.3 is 5.97 Å². The Morgan fingerprint density at radius 3 is 2.59 bits per heavy atom. The molecule has 6 rings (SSSR count). The number of carbonyl (C=O) groups is 2. The number of carbonyl (C=O) groups excluding carboxylic acids is 2. The maximum atomic E-state index is 13.8. The molecule has 2 aromatic carbocycles. The van der Waals surface area contributed by atoms with Gasteiger partial charge in [-0.05, 0) is 87.3 Å². The molecule has 1 saturated carbocycles. The highest BCUT2D eigenvalue weighted by Gasteiger charge is 2.45. The van der Waals surface area contributed by atoms with Crippen LogP contribution in [0.3, 0.4) is 0 Å². The number of halogens is 1. The first kappa shape index (κ1) is 30.0. The van der Waals surface area contributed by atoms with E-state index in [0.717, 1.165) is 76.6 Å². The molecule has 0 aromatic heterocycles. The van der Waals surface area contributed by atoms with Gasteiger partial charge < -0.3 is 19.9 Å². The molecule has 0 amide bonds. The molecule has 1 unspecified atom stereocenters. The highest BCUT2D eigenvalue weighted by atomic mass is 35.5. The Hall–Kier alpha value is -2.45. The fraction of sp³-hybridized carbons (Fsp3) is 0.576.